The Morgan fingerprint density at radius 3 is 2.80 bits per heavy atom. The van der Waals surface area contributed by atoms with E-state index in [0.29, 0.717) is 5.92 Å². The van der Waals surface area contributed by atoms with Crippen LogP contribution in [-0.4, -0.2) is 19.2 Å². The maximum absolute atomic E-state index is 11.3. The van der Waals surface area contributed by atoms with Gasteiger partial charge in [0.2, 0.25) is 0 Å². The van der Waals surface area contributed by atoms with Crippen LogP contribution in [0, 0.1) is 5.92 Å². The molecule has 1 aliphatic carbocycles. The van der Waals surface area contributed by atoms with Crippen molar-refractivity contribution in [3.8, 4) is 0 Å². The van der Waals surface area contributed by atoms with E-state index >= 15 is 0 Å². The quantitative estimate of drug-likeness (QED) is 0.352. The Labute approximate surface area is 123 Å². The SMILES string of the molecule is CCCCCCCC1CCCC1=COC(C)C(=O)OC. The lowest BCUT2D eigenvalue weighted by molar-refractivity contribution is -0.149. The largest absolute Gasteiger partial charge is 0.487 e. The third-order valence-electron chi connectivity index (χ3n) is 4.16. The van der Waals surface area contributed by atoms with E-state index in [1.807, 2.05) is 6.26 Å². The predicted octanol–water partition coefficient (Wildman–Crippen LogP) is 4.61. The number of allylic oxidation sites excluding steroid dienone is 1. The molecule has 3 heteroatoms. The van der Waals surface area contributed by atoms with Gasteiger partial charge in [0.1, 0.15) is 0 Å². The Morgan fingerprint density at radius 1 is 1.35 bits per heavy atom. The van der Waals surface area contributed by atoms with Crippen molar-refractivity contribution in [3.63, 3.8) is 0 Å². The highest BCUT2D eigenvalue weighted by molar-refractivity contribution is 5.74. The van der Waals surface area contributed by atoms with Gasteiger partial charge in [-0.05, 0) is 44.1 Å². The van der Waals surface area contributed by atoms with Gasteiger partial charge in [0.15, 0.2) is 6.10 Å². The summed E-state index contributed by atoms with van der Waals surface area (Å²) in [6.07, 6.45) is 12.9. The first-order chi connectivity index (χ1) is 9.69. The third-order valence-corrected chi connectivity index (χ3v) is 4.16. The van der Waals surface area contributed by atoms with Gasteiger partial charge >= 0.3 is 5.97 Å². The van der Waals surface area contributed by atoms with Crippen molar-refractivity contribution in [1.29, 1.82) is 0 Å². The van der Waals surface area contributed by atoms with E-state index in [-0.39, 0.29) is 5.97 Å². The first-order valence-corrected chi connectivity index (χ1v) is 8.11. The average Bonchev–Trinajstić information content (AvgIpc) is 2.91. The monoisotopic (exact) mass is 282 g/mol. The number of hydrogen-bond acceptors (Lipinski definition) is 3. The lowest BCUT2D eigenvalue weighted by atomic mass is 9.96. The molecule has 0 aromatic carbocycles. The van der Waals surface area contributed by atoms with Gasteiger partial charge in [0.05, 0.1) is 13.4 Å². The van der Waals surface area contributed by atoms with Crippen LogP contribution in [0.4, 0.5) is 0 Å². The summed E-state index contributed by atoms with van der Waals surface area (Å²) in [5.74, 6) is 0.359. The van der Waals surface area contributed by atoms with Gasteiger partial charge in [0.25, 0.3) is 0 Å². The van der Waals surface area contributed by atoms with Crippen molar-refractivity contribution < 1.29 is 14.3 Å². The van der Waals surface area contributed by atoms with Crippen molar-refractivity contribution >= 4 is 5.97 Å². The molecule has 3 nitrogen and oxygen atoms in total. The molecule has 0 spiro atoms. The van der Waals surface area contributed by atoms with Crippen molar-refractivity contribution in [2.45, 2.75) is 77.7 Å². The molecule has 20 heavy (non-hydrogen) atoms. The van der Waals surface area contributed by atoms with Gasteiger partial charge in [-0.15, -0.1) is 0 Å². The minimum Gasteiger partial charge on any atom is -0.487 e. The van der Waals surface area contributed by atoms with Gasteiger partial charge in [-0.25, -0.2) is 4.79 Å². The molecule has 0 heterocycles. The summed E-state index contributed by atoms with van der Waals surface area (Å²) in [6, 6.07) is 0. The Kier molecular flexibility index (Phi) is 8.40. The summed E-state index contributed by atoms with van der Waals surface area (Å²) in [7, 11) is 1.39. The van der Waals surface area contributed by atoms with Crippen LogP contribution in [0.15, 0.2) is 11.8 Å². The molecule has 0 radical (unpaired) electrons. The van der Waals surface area contributed by atoms with Crippen molar-refractivity contribution in [2.24, 2.45) is 5.92 Å². The number of esters is 1. The fourth-order valence-electron chi connectivity index (χ4n) is 2.83. The number of ether oxygens (including phenoxy) is 2. The Balaban J connectivity index is 2.30. The van der Waals surface area contributed by atoms with Gasteiger partial charge in [0, 0.05) is 0 Å². The Hall–Kier alpha value is -0.990. The van der Waals surface area contributed by atoms with E-state index in [2.05, 4.69) is 11.7 Å². The summed E-state index contributed by atoms with van der Waals surface area (Å²) in [5.41, 5.74) is 1.39. The first kappa shape index (κ1) is 17.1. The molecule has 0 saturated heterocycles. The molecule has 2 unspecified atom stereocenters. The van der Waals surface area contributed by atoms with Gasteiger partial charge in [-0.1, -0.05) is 39.0 Å². The lowest BCUT2D eigenvalue weighted by Gasteiger charge is -2.14. The van der Waals surface area contributed by atoms with Gasteiger partial charge < -0.3 is 9.47 Å². The fraction of sp³-hybridized carbons (Fsp3) is 0.824. The molecule has 1 rings (SSSR count). The summed E-state index contributed by atoms with van der Waals surface area (Å²) < 4.78 is 10.2. The normalized spacial score (nSPS) is 21.9. The molecular formula is C17H30O3. The van der Waals surface area contributed by atoms with Crippen molar-refractivity contribution in [2.75, 3.05) is 7.11 Å². The molecule has 0 aromatic rings. The molecule has 0 amide bonds. The number of rotatable bonds is 9. The molecule has 1 fully saturated rings. The van der Waals surface area contributed by atoms with Crippen LogP contribution in [0.2, 0.25) is 0 Å². The highest BCUT2D eigenvalue weighted by atomic mass is 16.6. The topological polar surface area (TPSA) is 35.5 Å². The zero-order chi connectivity index (χ0) is 14.8. The average molecular weight is 282 g/mol. The van der Waals surface area contributed by atoms with Crippen LogP contribution in [0.5, 0.6) is 0 Å². The zero-order valence-corrected chi connectivity index (χ0v) is 13.3. The minimum absolute atomic E-state index is 0.309. The highest BCUT2D eigenvalue weighted by Gasteiger charge is 2.22. The van der Waals surface area contributed by atoms with E-state index in [4.69, 9.17) is 4.74 Å². The second-order valence-electron chi connectivity index (χ2n) is 5.79. The third kappa shape index (κ3) is 5.98. The second-order valence-corrected chi connectivity index (χ2v) is 5.79. The van der Waals surface area contributed by atoms with Crippen LogP contribution in [0.3, 0.4) is 0 Å². The molecule has 0 aliphatic heterocycles. The molecule has 0 bridgehead atoms. The van der Waals surface area contributed by atoms with E-state index in [1.54, 1.807) is 6.92 Å². The maximum atomic E-state index is 11.3. The Bertz CT molecular complexity index is 309. The molecule has 1 aliphatic rings. The summed E-state index contributed by atoms with van der Waals surface area (Å²) in [4.78, 5) is 11.3. The van der Waals surface area contributed by atoms with Crippen LogP contribution >= 0.6 is 0 Å². The predicted molar refractivity (Wildman–Crippen MR) is 81.4 cm³/mol. The number of carbonyl (C=O) groups excluding carboxylic acids is 1. The summed E-state index contributed by atoms with van der Waals surface area (Å²) in [5, 5.41) is 0. The van der Waals surface area contributed by atoms with Crippen LogP contribution in [0.25, 0.3) is 0 Å². The number of hydrogen-bond donors (Lipinski definition) is 0. The van der Waals surface area contributed by atoms with Crippen molar-refractivity contribution in [1.82, 2.24) is 0 Å². The molecule has 1 saturated carbocycles. The molecule has 0 aromatic heterocycles. The fourth-order valence-corrected chi connectivity index (χ4v) is 2.83. The minimum atomic E-state index is -0.502. The first-order valence-electron chi connectivity index (χ1n) is 8.11. The van der Waals surface area contributed by atoms with Crippen LogP contribution in [0.1, 0.15) is 71.6 Å². The van der Waals surface area contributed by atoms with Gasteiger partial charge in [-0.2, -0.15) is 0 Å². The number of carbonyl (C=O) groups is 1. The van der Waals surface area contributed by atoms with Crippen molar-refractivity contribution in [3.05, 3.63) is 11.8 Å². The zero-order valence-electron chi connectivity index (χ0n) is 13.3. The standard InChI is InChI=1S/C17H30O3/c1-4-5-6-7-8-10-15-11-9-12-16(15)13-20-14(2)17(18)19-3/h13-15H,4-12H2,1-3H3. The molecule has 0 N–H and O–H groups in total. The smallest absolute Gasteiger partial charge is 0.346 e. The lowest BCUT2D eigenvalue weighted by Crippen LogP contribution is -2.20. The van der Waals surface area contributed by atoms with Crippen LogP contribution < -0.4 is 0 Å². The number of methoxy groups -OCH3 is 1. The summed E-state index contributed by atoms with van der Waals surface area (Å²) in [6.45, 7) is 3.98. The summed E-state index contributed by atoms with van der Waals surface area (Å²) >= 11 is 0. The molecular weight excluding hydrogens is 252 g/mol. The highest BCUT2D eigenvalue weighted by Crippen LogP contribution is 2.35. The van der Waals surface area contributed by atoms with E-state index < -0.39 is 6.10 Å². The second kappa shape index (κ2) is 9.84. The van der Waals surface area contributed by atoms with E-state index in [1.165, 1.54) is 64.0 Å². The Morgan fingerprint density at radius 2 is 2.10 bits per heavy atom. The molecule has 2 atom stereocenters. The van der Waals surface area contributed by atoms with Gasteiger partial charge in [-0.3, -0.25) is 0 Å². The maximum Gasteiger partial charge on any atom is 0.346 e. The van der Waals surface area contributed by atoms with Crippen LogP contribution in [-0.2, 0) is 14.3 Å². The number of unbranched alkanes of at least 4 members (excludes halogenated alkanes) is 4. The van der Waals surface area contributed by atoms with E-state index in [0.717, 1.165) is 6.42 Å². The molecule has 116 valence electrons. The van der Waals surface area contributed by atoms with E-state index in [9.17, 15) is 4.79 Å².